The van der Waals surface area contributed by atoms with E-state index in [0.717, 1.165) is 5.57 Å². The third kappa shape index (κ3) is 6.41. The maximum Gasteiger partial charge on any atom is 0.335 e. The Labute approximate surface area is 159 Å². The van der Waals surface area contributed by atoms with Gasteiger partial charge in [0.05, 0.1) is 18.2 Å². The van der Waals surface area contributed by atoms with Gasteiger partial charge in [-0.05, 0) is 37.1 Å². The van der Waals surface area contributed by atoms with Crippen molar-refractivity contribution in [2.45, 2.75) is 26.7 Å². The maximum atomic E-state index is 12.3. The van der Waals surface area contributed by atoms with Gasteiger partial charge in [-0.15, -0.1) is 0 Å². The Morgan fingerprint density at radius 3 is 2.65 bits per heavy atom. The number of methoxy groups -OCH3 is 1. The van der Waals surface area contributed by atoms with E-state index >= 15 is 0 Å². The van der Waals surface area contributed by atoms with Gasteiger partial charge in [-0.2, -0.15) is 0 Å². The van der Waals surface area contributed by atoms with Gasteiger partial charge >= 0.3 is 5.97 Å². The van der Waals surface area contributed by atoms with Crippen LogP contribution in [0.1, 0.15) is 37.0 Å². The first-order valence-corrected chi connectivity index (χ1v) is 8.80. The van der Waals surface area contributed by atoms with Crippen LogP contribution in [0.3, 0.4) is 0 Å². The van der Waals surface area contributed by atoms with Gasteiger partial charge < -0.3 is 15.2 Å². The van der Waals surface area contributed by atoms with Crippen molar-refractivity contribution < 1.29 is 19.4 Å². The summed E-state index contributed by atoms with van der Waals surface area (Å²) in [6.45, 7) is 4.43. The van der Waals surface area contributed by atoms with Crippen molar-refractivity contribution in [1.82, 2.24) is 5.32 Å². The molecule has 0 radical (unpaired) electrons. The van der Waals surface area contributed by atoms with Crippen LogP contribution in [0.5, 0.6) is 5.75 Å². The van der Waals surface area contributed by atoms with Crippen LogP contribution in [0.25, 0.3) is 0 Å². The third-order valence-electron chi connectivity index (χ3n) is 3.56. The third-order valence-corrected chi connectivity index (χ3v) is 3.80. The molecule has 5 nitrogen and oxygen atoms in total. The largest absolute Gasteiger partial charge is 0.496 e. The SMILES string of the molecule is CC.COc1ccc(Cl)cc1C(=O)NCCC1=CC=C(C(=O)O)C=CC1. The normalized spacial score (nSPS) is 12.8. The lowest BCUT2D eigenvalue weighted by atomic mass is 10.1. The van der Waals surface area contributed by atoms with E-state index in [1.807, 2.05) is 13.8 Å². The standard InChI is InChI=1S/C18H18ClNO4.C2H6/c1-24-16-8-7-14(19)11-15(16)17(21)20-10-9-12-3-2-4-13(6-5-12)18(22)23;1-2/h2,4-8,11H,3,9-10H2,1H3,(H,20,21)(H,22,23);1-2H3. The molecule has 0 saturated carbocycles. The number of hydrogen-bond donors (Lipinski definition) is 2. The summed E-state index contributed by atoms with van der Waals surface area (Å²) in [5, 5.41) is 12.3. The molecule has 1 amide bonds. The lowest BCUT2D eigenvalue weighted by molar-refractivity contribution is -0.132. The first-order chi connectivity index (χ1) is 12.5. The second kappa shape index (κ2) is 11.2. The summed E-state index contributed by atoms with van der Waals surface area (Å²) in [5.74, 6) is -0.756. The number of carboxylic acids is 1. The molecule has 1 aliphatic rings. The Hall–Kier alpha value is -2.53. The van der Waals surface area contributed by atoms with E-state index in [1.165, 1.54) is 7.11 Å². The number of nitrogens with one attached hydrogen (secondary N) is 1. The Balaban J connectivity index is 0.00000163. The molecule has 0 fully saturated rings. The molecule has 0 bridgehead atoms. The molecule has 1 aromatic carbocycles. The van der Waals surface area contributed by atoms with Crippen molar-refractivity contribution in [1.29, 1.82) is 0 Å². The number of carbonyl (C=O) groups excluding carboxylic acids is 1. The van der Waals surface area contributed by atoms with Gasteiger partial charge in [-0.1, -0.05) is 49.2 Å². The van der Waals surface area contributed by atoms with E-state index in [2.05, 4.69) is 5.32 Å². The summed E-state index contributed by atoms with van der Waals surface area (Å²) in [6, 6.07) is 4.87. The molecule has 0 unspecified atom stereocenters. The molecule has 1 aromatic rings. The van der Waals surface area contributed by atoms with E-state index in [1.54, 1.807) is 42.5 Å². The molecule has 26 heavy (non-hydrogen) atoms. The molecule has 0 heterocycles. The number of hydrogen-bond acceptors (Lipinski definition) is 3. The molecule has 0 atom stereocenters. The maximum absolute atomic E-state index is 12.3. The minimum atomic E-state index is -0.954. The Bertz CT molecular complexity index is 735. The van der Waals surface area contributed by atoms with Crippen LogP contribution in [0.4, 0.5) is 0 Å². The number of ether oxygens (including phenoxy) is 1. The Morgan fingerprint density at radius 1 is 1.27 bits per heavy atom. The molecular formula is C20H24ClNO4. The van der Waals surface area contributed by atoms with Crippen LogP contribution < -0.4 is 10.1 Å². The summed E-state index contributed by atoms with van der Waals surface area (Å²) in [6.07, 6.45) is 8.03. The molecule has 2 N–H and O–H groups in total. The summed E-state index contributed by atoms with van der Waals surface area (Å²) < 4.78 is 5.17. The van der Waals surface area contributed by atoms with Crippen molar-refractivity contribution in [3.63, 3.8) is 0 Å². The minimum absolute atomic E-state index is 0.248. The van der Waals surface area contributed by atoms with Gasteiger partial charge in [0.15, 0.2) is 0 Å². The van der Waals surface area contributed by atoms with Gasteiger partial charge in [-0.25, -0.2) is 4.79 Å². The molecule has 0 spiro atoms. The van der Waals surface area contributed by atoms with Crippen molar-refractivity contribution in [3.05, 3.63) is 64.2 Å². The molecule has 140 valence electrons. The topological polar surface area (TPSA) is 75.6 Å². The molecular weight excluding hydrogens is 354 g/mol. The minimum Gasteiger partial charge on any atom is -0.496 e. The van der Waals surface area contributed by atoms with Crippen LogP contribution in [-0.4, -0.2) is 30.6 Å². The smallest absolute Gasteiger partial charge is 0.335 e. The molecule has 2 rings (SSSR count). The van der Waals surface area contributed by atoms with Gasteiger partial charge in [-0.3, -0.25) is 4.79 Å². The van der Waals surface area contributed by atoms with Gasteiger partial charge in [0.2, 0.25) is 0 Å². The summed E-state index contributed by atoms with van der Waals surface area (Å²) in [7, 11) is 1.50. The highest BCUT2D eigenvalue weighted by atomic mass is 35.5. The van der Waals surface area contributed by atoms with E-state index < -0.39 is 5.97 Å². The monoisotopic (exact) mass is 377 g/mol. The Kier molecular flexibility index (Phi) is 9.23. The van der Waals surface area contributed by atoms with E-state index in [4.69, 9.17) is 21.4 Å². The average molecular weight is 378 g/mol. The zero-order chi connectivity index (χ0) is 19.5. The predicted octanol–water partition coefficient (Wildman–Crippen LogP) is 4.39. The number of rotatable bonds is 6. The average Bonchev–Trinajstić information content (AvgIpc) is 2.89. The van der Waals surface area contributed by atoms with Crippen LogP contribution in [-0.2, 0) is 4.79 Å². The first kappa shape index (κ1) is 21.5. The van der Waals surface area contributed by atoms with Gasteiger partial charge in [0, 0.05) is 11.6 Å². The highest BCUT2D eigenvalue weighted by Crippen LogP contribution is 2.22. The zero-order valence-electron chi connectivity index (χ0n) is 15.2. The summed E-state index contributed by atoms with van der Waals surface area (Å²) in [4.78, 5) is 23.2. The number of halogens is 1. The fourth-order valence-corrected chi connectivity index (χ4v) is 2.46. The van der Waals surface area contributed by atoms with Crippen LogP contribution in [0.15, 0.2) is 53.6 Å². The van der Waals surface area contributed by atoms with E-state index in [-0.39, 0.29) is 11.5 Å². The van der Waals surface area contributed by atoms with E-state index in [9.17, 15) is 9.59 Å². The summed E-state index contributed by atoms with van der Waals surface area (Å²) >= 11 is 5.92. The van der Waals surface area contributed by atoms with Crippen LogP contribution in [0, 0.1) is 0 Å². The van der Waals surface area contributed by atoms with Crippen molar-refractivity contribution in [3.8, 4) is 5.75 Å². The summed E-state index contributed by atoms with van der Waals surface area (Å²) in [5.41, 5.74) is 1.67. The van der Waals surface area contributed by atoms with E-state index in [0.29, 0.717) is 35.7 Å². The van der Waals surface area contributed by atoms with Crippen molar-refractivity contribution in [2.75, 3.05) is 13.7 Å². The van der Waals surface area contributed by atoms with Crippen LogP contribution >= 0.6 is 11.6 Å². The number of amides is 1. The quantitative estimate of drug-likeness (QED) is 0.770. The first-order valence-electron chi connectivity index (χ1n) is 8.42. The van der Waals surface area contributed by atoms with Crippen molar-refractivity contribution in [2.24, 2.45) is 0 Å². The van der Waals surface area contributed by atoms with Crippen molar-refractivity contribution >= 4 is 23.5 Å². The molecule has 6 heteroatoms. The second-order valence-corrected chi connectivity index (χ2v) is 5.65. The molecule has 0 saturated heterocycles. The second-order valence-electron chi connectivity index (χ2n) is 5.21. The predicted molar refractivity (Wildman–Crippen MR) is 104 cm³/mol. The van der Waals surface area contributed by atoms with Gasteiger partial charge in [0.1, 0.15) is 5.75 Å². The fraction of sp³-hybridized carbons (Fsp3) is 0.300. The number of benzene rings is 1. The Morgan fingerprint density at radius 2 is 2.00 bits per heavy atom. The van der Waals surface area contributed by atoms with Crippen LogP contribution in [0.2, 0.25) is 5.02 Å². The highest BCUT2D eigenvalue weighted by molar-refractivity contribution is 6.31. The lowest BCUT2D eigenvalue weighted by Crippen LogP contribution is -2.25. The number of allylic oxidation sites excluding steroid dienone is 3. The number of carbonyl (C=O) groups is 2. The molecule has 0 aliphatic heterocycles. The highest BCUT2D eigenvalue weighted by Gasteiger charge is 2.13. The number of carboxylic acid groups (broad SMARTS) is 1. The van der Waals surface area contributed by atoms with Gasteiger partial charge in [0.25, 0.3) is 5.91 Å². The number of aliphatic carboxylic acids is 1. The molecule has 1 aliphatic carbocycles. The zero-order valence-corrected chi connectivity index (χ0v) is 16.0. The fourth-order valence-electron chi connectivity index (χ4n) is 2.29. The molecule has 0 aromatic heterocycles. The lowest BCUT2D eigenvalue weighted by Gasteiger charge is -2.10.